The van der Waals surface area contributed by atoms with Gasteiger partial charge in [-0.2, -0.15) is 0 Å². The monoisotopic (exact) mass is 382 g/mol. The van der Waals surface area contributed by atoms with Crippen LogP contribution in [0, 0.1) is 0 Å². The fourth-order valence-electron chi connectivity index (χ4n) is 3.70. The molecule has 0 fully saturated rings. The van der Waals surface area contributed by atoms with Crippen LogP contribution in [0.3, 0.4) is 0 Å². The van der Waals surface area contributed by atoms with Gasteiger partial charge in [-0.15, -0.1) is 0 Å². The van der Waals surface area contributed by atoms with Gasteiger partial charge in [-0.1, -0.05) is 11.6 Å². The summed E-state index contributed by atoms with van der Waals surface area (Å²) in [5, 5.41) is 41.5. The van der Waals surface area contributed by atoms with E-state index in [2.05, 4.69) is 0 Å². The Morgan fingerprint density at radius 3 is 2.59 bits per heavy atom. The molecule has 0 amide bonds. The van der Waals surface area contributed by atoms with Gasteiger partial charge in [0.2, 0.25) is 0 Å². The summed E-state index contributed by atoms with van der Waals surface area (Å²) in [7, 11) is 0. The third-order valence-corrected chi connectivity index (χ3v) is 5.79. The number of hydrogen-bond acceptors (Lipinski definition) is 6. The van der Waals surface area contributed by atoms with Gasteiger partial charge in [0.05, 0.1) is 17.3 Å². The molecular formula is C21H34O6. The minimum Gasteiger partial charge on any atom is -0.491 e. The first-order valence-electron chi connectivity index (χ1n) is 9.81. The van der Waals surface area contributed by atoms with Crippen LogP contribution in [0.5, 0.6) is 0 Å². The molecule has 0 radical (unpaired) electrons. The summed E-state index contributed by atoms with van der Waals surface area (Å²) in [4.78, 5) is 12.1. The molecule has 0 saturated carbocycles. The van der Waals surface area contributed by atoms with E-state index >= 15 is 0 Å². The zero-order valence-electron chi connectivity index (χ0n) is 16.9. The highest BCUT2D eigenvalue weighted by Crippen LogP contribution is 2.39. The van der Waals surface area contributed by atoms with Crippen LogP contribution in [0.15, 0.2) is 23.0 Å². The Morgan fingerprint density at radius 2 is 1.96 bits per heavy atom. The maximum Gasteiger partial charge on any atom is 0.190 e. The van der Waals surface area contributed by atoms with Gasteiger partial charge in [0.1, 0.15) is 18.0 Å². The molecule has 27 heavy (non-hydrogen) atoms. The maximum absolute atomic E-state index is 12.1. The van der Waals surface area contributed by atoms with Gasteiger partial charge in [0, 0.05) is 18.4 Å². The molecule has 1 heterocycles. The Hall–Kier alpha value is -1.21. The Labute approximate surface area is 161 Å². The summed E-state index contributed by atoms with van der Waals surface area (Å²) in [5.41, 5.74) is -0.846. The van der Waals surface area contributed by atoms with Gasteiger partial charge >= 0.3 is 0 Å². The number of ether oxygens (including phenoxy) is 1. The molecule has 2 unspecified atom stereocenters. The fraction of sp³-hybridized carbons (Fsp3) is 0.762. The van der Waals surface area contributed by atoms with Crippen LogP contribution in [-0.2, 0) is 9.53 Å². The molecule has 2 aliphatic rings. The zero-order valence-corrected chi connectivity index (χ0v) is 16.9. The average Bonchev–Trinajstić information content (AvgIpc) is 3.01. The number of hydrogen-bond donors (Lipinski definition) is 4. The van der Waals surface area contributed by atoms with E-state index in [1.807, 2.05) is 19.9 Å². The van der Waals surface area contributed by atoms with E-state index in [0.29, 0.717) is 37.0 Å². The highest BCUT2D eigenvalue weighted by molar-refractivity contribution is 6.00. The SMILES string of the molecule is CC(C)=CCCC(C)(O)[C@H](O)CCC(C)(O)[C@@H]1CC2=C(CC[C@@H](O)C2=O)O1. The molecule has 1 aliphatic heterocycles. The van der Waals surface area contributed by atoms with E-state index in [4.69, 9.17) is 4.74 Å². The van der Waals surface area contributed by atoms with Crippen molar-refractivity contribution in [2.24, 2.45) is 0 Å². The normalized spacial score (nSPS) is 28.1. The van der Waals surface area contributed by atoms with Crippen LogP contribution in [0.4, 0.5) is 0 Å². The van der Waals surface area contributed by atoms with Crippen molar-refractivity contribution in [3.05, 3.63) is 23.0 Å². The minimum atomic E-state index is -1.25. The predicted octanol–water partition coefficient (Wildman–Crippen LogP) is 2.14. The second-order valence-corrected chi connectivity index (χ2v) is 8.72. The van der Waals surface area contributed by atoms with Crippen LogP contribution in [0.1, 0.15) is 72.6 Å². The van der Waals surface area contributed by atoms with Gasteiger partial charge in [-0.25, -0.2) is 0 Å². The summed E-state index contributed by atoms with van der Waals surface area (Å²) in [5.74, 6) is 0.265. The fourth-order valence-corrected chi connectivity index (χ4v) is 3.70. The lowest BCUT2D eigenvalue weighted by atomic mass is 9.83. The lowest BCUT2D eigenvalue weighted by Gasteiger charge is -2.34. The number of carbonyl (C=O) groups excluding carboxylic acids is 1. The van der Waals surface area contributed by atoms with Crippen molar-refractivity contribution in [1.29, 1.82) is 0 Å². The van der Waals surface area contributed by atoms with E-state index in [1.54, 1.807) is 13.8 Å². The maximum atomic E-state index is 12.1. The van der Waals surface area contributed by atoms with Gasteiger partial charge in [-0.05, 0) is 59.8 Å². The minimum absolute atomic E-state index is 0.218. The van der Waals surface area contributed by atoms with E-state index in [0.717, 1.165) is 5.57 Å². The molecule has 0 aromatic carbocycles. The van der Waals surface area contributed by atoms with Gasteiger partial charge in [0.15, 0.2) is 5.78 Å². The van der Waals surface area contributed by atoms with E-state index < -0.39 is 29.5 Å². The molecule has 5 atom stereocenters. The molecule has 0 bridgehead atoms. The van der Waals surface area contributed by atoms with Crippen LogP contribution >= 0.6 is 0 Å². The predicted molar refractivity (Wildman–Crippen MR) is 102 cm³/mol. The Balaban J connectivity index is 1.89. The van der Waals surface area contributed by atoms with Crippen molar-refractivity contribution < 1.29 is 30.0 Å². The van der Waals surface area contributed by atoms with E-state index in [1.165, 1.54) is 0 Å². The highest BCUT2D eigenvalue weighted by Gasteiger charge is 2.44. The number of aliphatic hydroxyl groups excluding tert-OH is 2. The van der Waals surface area contributed by atoms with Crippen molar-refractivity contribution in [1.82, 2.24) is 0 Å². The molecule has 154 valence electrons. The van der Waals surface area contributed by atoms with Crippen molar-refractivity contribution >= 4 is 5.78 Å². The van der Waals surface area contributed by atoms with Gasteiger partial charge < -0.3 is 25.2 Å². The Kier molecular flexibility index (Phi) is 6.90. The largest absolute Gasteiger partial charge is 0.491 e. The number of allylic oxidation sites excluding steroid dienone is 3. The molecule has 0 spiro atoms. The summed E-state index contributed by atoms with van der Waals surface area (Å²) in [6.07, 6.45) is 2.16. The molecule has 4 N–H and O–H groups in total. The number of aliphatic hydroxyl groups is 4. The smallest absolute Gasteiger partial charge is 0.190 e. The van der Waals surface area contributed by atoms with Crippen molar-refractivity contribution in [2.45, 2.75) is 102 Å². The highest BCUT2D eigenvalue weighted by atomic mass is 16.5. The first-order chi connectivity index (χ1) is 12.4. The van der Waals surface area contributed by atoms with Crippen LogP contribution in [0.25, 0.3) is 0 Å². The Morgan fingerprint density at radius 1 is 1.30 bits per heavy atom. The summed E-state index contributed by atoms with van der Waals surface area (Å²) in [6.45, 7) is 7.21. The summed E-state index contributed by atoms with van der Waals surface area (Å²) in [6, 6.07) is 0. The van der Waals surface area contributed by atoms with Crippen LogP contribution < -0.4 is 0 Å². The first-order valence-corrected chi connectivity index (χ1v) is 9.81. The van der Waals surface area contributed by atoms with Crippen LogP contribution in [-0.4, -0.2) is 55.7 Å². The second kappa shape index (κ2) is 8.43. The van der Waals surface area contributed by atoms with Crippen LogP contribution in [0.2, 0.25) is 0 Å². The quantitative estimate of drug-likeness (QED) is 0.479. The number of Topliss-reactive ketones (excluding diaryl/α,β-unsaturated/α-hetero) is 1. The zero-order chi connectivity index (χ0) is 20.4. The molecule has 6 heteroatoms. The molecule has 2 rings (SSSR count). The molecule has 0 aromatic heterocycles. The van der Waals surface area contributed by atoms with Crippen molar-refractivity contribution in [3.63, 3.8) is 0 Å². The number of rotatable bonds is 8. The average molecular weight is 382 g/mol. The summed E-state index contributed by atoms with van der Waals surface area (Å²) >= 11 is 0. The lowest BCUT2D eigenvalue weighted by Crippen LogP contribution is -2.44. The molecule has 6 nitrogen and oxygen atoms in total. The molecular weight excluding hydrogens is 348 g/mol. The third-order valence-electron chi connectivity index (χ3n) is 5.79. The summed E-state index contributed by atoms with van der Waals surface area (Å²) < 4.78 is 5.80. The number of carbonyl (C=O) groups is 1. The first kappa shape index (κ1) is 22.1. The van der Waals surface area contributed by atoms with Crippen molar-refractivity contribution in [2.75, 3.05) is 0 Å². The van der Waals surface area contributed by atoms with E-state index in [9.17, 15) is 25.2 Å². The topological polar surface area (TPSA) is 107 Å². The second-order valence-electron chi connectivity index (χ2n) is 8.72. The van der Waals surface area contributed by atoms with Gasteiger partial charge in [0.25, 0.3) is 0 Å². The number of ketones is 1. The molecule has 1 aliphatic carbocycles. The molecule has 0 saturated heterocycles. The lowest BCUT2D eigenvalue weighted by molar-refractivity contribution is -0.124. The van der Waals surface area contributed by atoms with Gasteiger partial charge in [-0.3, -0.25) is 4.79 Å². The Bertz CT molecular complexity index is 612. The molecule has 0 aromatic rings. The van der Waals surface area contributed by atoms with E-state index in [-0.39, 0.29) is 25.0 Å². The van der Waals surface area contributed by atoms with Crippen molar-refractivity contribution in [3.8, 4) is 0 Å². The third kappa shape index (κ3) is 5.41. The standard InChI is InChI=1S/C21H34O6/c1-13(2)6-5-10-20(3,25)17(23)9-11-21(4,26)18-12-14-16(27-18)8-7-15(22)19(14)24/h6,15,17-18,22-23,25-26H,5,7-12H2,1-4H3/t15-,17-,18+,20?,21?/m1/s1.